The minimum Gasteiger partial charge on any atom is -0.393 e. The summed E-state index contributed by atoms with van der Waals surface area (Å²) in [5, 5.41) is 21.0. The Balaban J connectivity index is 1.67. The lowest BCUT2D eigenvalue weighted by Crippen LogP contribution is -2.52. The van der Waals surface area contributed by atoms with Crippen LogP contribution in [0.4, 0.5) is 0 Å². The Kier molecular flexibility index (Phi) is 3.18. The first-order chi connectivity index (χ1) is 10.3. The van der Waals surface area contributed by atoms with Gasteiger partial charge in [0.25, 0.3) is 0 Å². The Morgan fingerprint density at radius 1 is 1.00 bits per heavy atom. The highest BCUT2D eigenvalue weighted by Crippen LogP contribution is 2.65. The largest absolute Gasteiger partial charge is 0.393 e. The molecule has 124 valence electrons. The van der Waals surface area contributed by atoms with E-state index >= 15 is 0 Å². The fourth-order valence-electron chi connectivity index (χ4n) is 6.78. The highest BCUT2D eigenvalue weighted by molar-refractivity contribution is 5.26. The molecule has 0 amide bonds. The number of aliphatic hydroxyl groups is 2. The van der Waals surface area contributed by atoms with Crippen molar-refractivity contribution in [2.24, 2.45) is 28.6 Å². The van der Waals surface area contributed by atoms with Gasteiger partial charge in [0.1, 0.15) is 0 Å². The fourth-order valence-corrected chi connectivity index (χ4v) is 6.78. The van der Waals surface area contributed by atoms with Gasteiger partial charge in [0, 0.05) is 0 Å². The van der Waals surface area contributed by atoms with Gasteiger partial charge in [-0.3, -0.25) is 0 Å². The number of rotatable bonds is 0. The molecule has 0 radical (unpaired) electrons. The number of hydrogen-bond donors (Lipinski definition) is 2. The third kappa shape index (κ3) is 1.92. The Labute approximate surface area is 135 Å². The van der Waals surface area contributed by atoms with E-state index in [1.165, 1.54) is 31.3 Å². The molecule has 0 aliphatic heterocycles. The van der Waals surface area contributed by atoms with Crippen molar-refractivity contribution < 1.29 is 10.2 Å². The van der Waals surface area contributed by atoms with E-state index in [9.17, 15) is 10.2 Å². The van der Waals surface area contributed by atoms with Gasteiger partial charge < -0.3 is 10.2 Å². The molecule has 0 spiro atoms. The molecule has 3 fully saturated rings. The summed E-state index contributed by atoms with van der Waals surface area (Å²) in [7, 11) is 0. The molecule has 4 aliphatic carbocycles. The van der Waals surface area contributed by atoms with Crippen molar-refractivity contribution in [2.75, 3.05) is 0 Å². The van der Waals surface area contributed by atoms with Crippen molar-refractivity contribution >= 4 is 0 Å². The van der Waals surface area contributed by atoms with Gasteiger partial charge in [-0.1, -0.05) is 25.5 Å². The predicted octanol–water partition coefficient (Wildman–Crippen LogP) is 4.06. The topological polar surface area (TPSA) is 40.5 Å². The summed E-state index contributed by atoms with van der Waals surface area (Å²) in [5.74, 6) is 2.23. The standard InChI is InChI=1S/C20H32O2/c1-18(22)10-11-19(2)13(12-18)4-5-14-15-6-7-17(21)20(15,3)9-8-16(14)19/h4,14-17,21-22H,5-12H2,1-3H3/t14?,15?,16?,17?,18-,19?,20?/m1/s1. The first-order valence-electron chi connectivity index (χ1n) is 9.36. The molecule has 7 atom stereocenters. The van der Waals surface area contributed by atoms with Gasteiger partial charge in [-0.15, -0.1) is 0 Å². The van der Waals surface area contributed by atoms with E-state index in [4.69, 9.17) is 0 Å². The maximum absolute atomic E-state index is 10.5. The van der Waals surface area contributed by atoms with Gasteiger partial charge in [-0.05, 0) is 86.9 Å². The van der Waals surface area contributed by atoms with Crippen LogP contribution in [0.5, 0.6) is 0 Å². The zero-order chi connectivity index (χ0) is 15.8. The predicted molar refractivity (Wildman–Crippen MR) is 88.3 cm³/mol. The van der Waals surface area contributed by atoms with Crippen LogP contribution in [0.25, 0.3) is 0 Å². The molecule has 0 saturated heterocycles. The van der Waals surface area contributed by atoms with Crippen molar-refractivity contribution in [3.05, 3.63) is 11.6 Å². The van der Waals surface area contributed by atoms with E-state index in [1.807, 2.05) is 6.92 Å². The van der Waals surface area contributed by atoms with Crippen LogP contribution in [-0.2, 0) is 0 Å². The minimum absolute atomic E-state index is 0.0799. The number of fused-ring (bicyclic) bond motifs is 5. The Morgan fingerprint density at radius 3 is 2.55 bits per heavy atom. The molecule has 3 saturated carbocycles. The average molecular weight is 304 g/mol. The van der Waals surface area contributed by atoms with Crippen LogP contribution in [0.3, 0.4) is 0 Å². The molecular formula is C20H32O2. The number of aliphatic hydroxyl groups excluding tert-OH is 1. The first kappa shape index (κ1) is 15.2. The summed E-state index contributed by atoms with van der Waals surface area (Å²) in [6, 6.07) is 0. The lowest BCUT2D eigenvalue weighted by molar-refractivity contribution is -0.0806. The van der Waals surface area contributed by atoms with Gasteiger partial charge in [0.2, 0.25) is 0 Å². The van der Waals surface area contributed by atoms with Gasteiger partial charge >= 0.3 is 0 Å². The van der Waals surface area contributed by atoms with Crippen LogP contribution in [0.2, 0.25) is 0 Å². The summed E-state index contributed by atoms with van der Waals surface area (Å²) >= 11 is 0. The van der Waals surface area contributed by atoms with E-state index in [0.29, 0.717) is 11.3 Å². The van der Waals surface area contributed by atoms with Crippen LogP contribution in [0, 0.1) is 28.6 Å². The van der Waals surface area contributed by atoms with Gasteiger partial charge in [-0.2, -0.15) is 0 Å². The maximum Gasteiger partial charge on any atom is 0.0657 e. The molecule has 4 rings (SSSR count). The third-order valence-electron chi connectivity index (χ3n) is 8.33. The van der Waals surface area contributed by atoms with Crippen LogP contribution in [0.1, 0.15) is 72.1 Å². The smallest absolute Gasteiger partial charge is 0.0657 e. The molecule has 6 unspecified atom stereocenters. The molecule has 0 aromatic carbocycles. The van der Waals surface area contributed by atoms with E-state index < -0.39 is 5.60 Å². The molecule has 2 N–H and O–H groups in total. The molecule has 22 heavy (non-hydrogen) atoms. The van der Waals surface area contributed by atoms with E-state index in [-0.39, 0.29) is 11.5 Å². The molecule has 0 aromatic heterocycles. The van der Waals surface area contributed by atoms with Gasteiger partial charge in [0.15, 0.2) is 0 Å². The quantitative estimate of drug-likeness (QED) is 0.663. The molecular weight excluding hydrogens is 272 g/mol. The number of allylic oxidation sites excluding steroid dienone is 1. The Hall–Kier alpha value is -0.340. The lowest BCUT2D eigenvalue weighted by Gasteiger charge is -2.58. The summed E-state index contributed by atoms with van der Waals surface area (Å²) in [6.07, 6.45) is 11.2. The fraction of sp³-hybridized carbons (Fsp3) is 0.900. The molecule has 0 aromatic rings. The second kappa shape index (κ2) is 4.60. The van der Waals surface area contributed by atoms with Crippen LogP contribution < -0.4 is 0 Å². The Bertz CT molecular complexity index is 508. The highest BCUT2D eigenvalue weighted by Gasteiger charge is 2.58. The lowest BCUT2D eigenvalue weighted by atomic mass is 9.47. The Morgan fingerprint density at radius 2 is 1.77 bits per heavy atom. The summed E-state index contributed by atoms with van der Waals surface area (Å²) in [4.78, 5) is 0. The van der Waals surface area contributed by atoms with Crippen LogP contribution >= 0.6 is 0 Å². The van der Waals surface area contributed by atoms with Crippen LogP contribution in [-0.4, -0.2) is 21.9 Å². The van der Waals surface area contributed by atoms with Crippen molar-refractivity contribution in [3.63, 3.8) is 0 Å². The van der Waals surface area contributed by atoms with Crippen molar-refractivity contribution in [2.45, 2.75) is 83.8 Å². The zero-order valence-corrected chi connectivity index (χ0v) is 14.4. The molecule has 2 heteroatoms. The summed E-state index contributed by atoms with van der Waals surface area (Å²) < 4.78 is 0. The minimum atomic E-state index is -0.495. The third-order valence-corrected chi connectivity index (χ3v) is 8.33. The highest BCUT2D eigenvalue weighted by atomic mass is 16.3. The monoisotopic (exact) mass is 304 g/mol. The van der Waals surface area contributed by atoms with Crippen molar-refractivity contribution in [3.8, 4) is 0 Å². The van der Waals surface area contributed by atoms with E-state index in [2.05, 4.69) is 19.9 Å². The summed E-state index contributed by atoms with van der Waals surface area (Å²) in [6.45, 7) is 6.82. The molecule has 0 bridgehead atoms. The van der Waals surface area contributed by atoms with Crippen molar-refractivity contribution in [1.82, 2.24) is 0 Å². The zero-order valence-electron chi connectivity index (χ0n) is 14.4. The van der Waals surface area contributed by atoms with E-state index in [0.717, 1.165) is 37.5 Å². The maximum atomic E-state index is 10.5. The average Bonchev–Trinajstić information content (AvgIpc) is 2.76. The first-order valence-corrected chi connectivity index (χ1v) is 9.36. The van der Waals surface area contributed by atoms with Gasteiger partial charge in [-0.25, -0.2) is 0 Å². The molecule has 0 heterocycles. The summed E-state index contributed by atoms with van der Waals surface area (Å²) in [5.41, 5.74) is 1.51. The van der Waals surface area contributed by atoms with Crippen molar-refractivity contribution in [1.29, 1.82) is 0 Å². The van der Waals surface area contributed by atoms with Crippen LogP contribution in [0.15, 0.2) is 11.6 Å². The molecule has 2 nitrogen and oxygen atoms in total. The number of hydrogen-bond acceptors (Lipinski definition) is 2. The second-order valence-corrected chi connectivity index (χ2v) is 9.57. The SMILES string of the molecule is CC12CC[C@@](C)(O)CC1=CCC1C2CCC2(C)C(O)CCC12. The second-order valence-electron chi connectivity index (χ2n) is 9.57. The van der Waals surface area contributed by atoms with E-state index in [1.54, 1.807) is 0 Å². The normalized spacial score (nSPS) is 57.6. The van der Waals surface area contributed by atoms with Gasteiger partial charge in [0.05, 0.1) is 11.7 Å². The molecule has 4 aliphatic rings.